The number of fused-ring (bicyclic) bond motifs is 1. The van der Waals surface area contributed by atoms with E-state index in [1.54, 1.807) is 12.1 Å². The van der Waals surface area contributed by atoms with E-state index in [4.69, 9.17) is 5.11 Å². The number of rotatable bonds is 4. The summed E-state index contributed by atoms with van der Waals surface area (Å²) in [4.78, 5) is 11.3. The fourth-order valence-electron chi connectivity index (χ4n) is 2.30. The summed E-state index contributed by atoms with van der Waals surface area (Å²) in [7, 11) is -3.82. The molecule has 0 aliphatic rings. The number of benzene rings is 3. The molecule has 0 saturated carbocycles. The number of carbonyl (C=O) groups is 1. The van der Waals surface area contributed by atoms with Crippen LogP contribution in [-0.4, -0.2) is 19.5 Å². The van der Waals surface area contributed by atoms with Crippen molar-refractivity contribution in [2.75, 3.05) is 4.72 Å². The van der Waals surface area contributed by atoms with Gasteiger partial charge in [-0.1, -0.05) is 30.3 Å². The maximum Gasteiger partial charge on any atom is 0.336 e. The van der Waals surface area contributed by atoms with E-state index < -0.39 is 16.0 Å². The lowest BCUT2D eigenvalue weighted by Crippen LogP contribution is -2.13. The average molecular weight is 406 g/mol. The summed E-state index contributed by atoms with van der Waals surface area (Å²) in [5, 5.41) is 10.9. The summed E-state index contributed by atoms with van der Waals surface area (Å²) >= 11 is 3.12. The summed E-state index contributed by atoms with van der Waals surface area (Å²) in [5.74, 6) is -1.14. The Morgan fingerprint density at radius 1 is 0.958 bits per heavy atom. The molecule has 0 radical (unpaired) electrons. The van der Waals surface area contributed by atoms with Crippen LogP contribution in [0.5, 0.6) is 0 Å². The van der Waals surface area contributed by atoms with Gasteiger partial charge in [-0.05, 0) is 57.0 Å². The van der Waals surface area contributed by atoms with Crippen LogP contribution in [0.1, 0.15) is 10.4 Å². The molecule has 0 unspecified atom stereocenters. The molecule has 24 heavy (non-hydrogen) atoms. The average Bonchev–Trinajstić information content (AvgIpc) is 2.55. The lowest BCUT2D eigenvalue weighted by Gasteiger charge is -2.10. The normalized spacial score (nSPS) is 11.4. The Bertz CT molecular complexity index is 1050. The van der Waals surface area contributed by atoms with Gasteiger partial charge in [-0.2, -0.15) is 0 Å². The number of hydrogen-bond acceptors (Lipinski definition) is 3. The molecule has 122 valence electrons. The number of hydrogen-bond donors (Lipinski definition) is 2. The molecule has 7 heteroatoms. The Balaban J connectivity index is 1.98. The smallest absolute Gasteiger partial charge is 0.336 e. The Morgan fingerprint density at radius 3 is 2.38 bits per heavy atom. The zero-order valence-corrected chi connectivity index (χ0v) is 14.6. The van der Waals surface area contributed by atoms with E-state index in [1.807, 2.05) is 24.3 Å². The molecule has 5 nitrogen and oxygen atoms in total. The summed E-state index contributed by atoms with van der Waals surface area (Å²) in [5.41, 5.74) is 0.164. The number of anilines is 1. The molecule has 0 aliphatic carbocycles. The van der Waals surface area contributed by atoms with Crippen molar-refractivity contribution in [2.45, 2.75) is 4.90 Å². The van der Waals surface area contributed by atoms with Gasteiger partial charge < -0.3 is 5.11 Å². The first-order valence-corrected chi connectivity index (χ1v) is 9.19. The maximum atomic E-state index is 12.5. The van der Waals surface area contributed by atoms with Crippen molar-refractivity contribution >= 4 is 48.4 Å². The van der Waals surface area contributed by atoms with Crippen LogP contribution in [0.4, 0.5) is 5.69 Å². The van der Waals surface area contributed by atoms with E-state index in [1.165, 1.54) is 24.3 Å². The third-order valence-electron chi connectivity index (χ3n) is 3.48. The second kappa shape index (κ2) is 6.26. The van der Waals surface area contributed by atoms with Gasteiger partial charge in [-0.3, -0.25) is 4.72 Å². The zero-order chi connectivity index (χ0) is 17.3. The highest BCUT2D eigenvalue weighted by Crippen LogP contribution is 2.25. The van der Waals surface area contributed by atoms with Crippen LogP contribution in [0.3, 0.4) is 0 Å². The van der Waals surface area contributed by atoms with E-state index in [2.05, 4.69) is 20.7 Å². The number of carboxylic acid groups (broad SMARTS) is 1. The molecule has 0 aromatic heterocycles. The molecule has 0 spiro atoms. The molecule has 0 aliphatic heterocycles. The van der Waals surface area contributed by atoms with Crippen LogP contribution in [0.2, 0.25) is 0 Å². The Kier molecular flexibility index (Phi) is 4.29. The number of sulfonamides is 1. The Labute approximate surface area is 147 Å². The van der Waals surface area contributed by atoms with Crippen molar-refractivity contribution in [3.63, 3.8) is 0 Å². The van der Waals surface area contributed by atoms with Crippen molar-refractivity contribution in [3.05, 3.63) is 70.7 Å². The highest BCUT2D eigenvalue weighted by molar-refractivity contribution is 9.10. The quantitative estimate of drug-likeness (QED) is 0.684. The SMILES string of the molecule is O=C(O)c1cc(NS(=O)(=O)c2ccc3ccccc3c2)ccc1Br. The van der Waals surface area contributed by atoms with E-state index >= 15 is 0 Å². The summed E-state index contributed by atoms with van der Waals surface area (Å²) in [6.45, 7) is 0. The number of aromatic carboxylic acids is 1. The third-order valence-corrected chi connectivity index (χ3v) is 5.55. The number of halogens is 1. The fraction of sp³-hybridized carbons (Fsp3) is 0. The highest BCUT2D eigenvalue weighted by atomic mass is 79.9. The summed E-state index contributed by atoms with van der Waals surface area (Å²) in [6.07, 6.45) is 0. The lowest BCUT2D eigenvalue weighted by molar-refractivity contribution is 0.0696. The maximum absolute atomic E-state index is 12.5. The van der Waals surface area contributed by atoms with Crippen LogP contribution in [0.15, 0.2) is 70.0 Å². The van der Waals surface area contributed by atoms with E-state index in [-0.39, 0.29) is 16.1 Å². The first-order chi connectivity index (χ1) is 11.4. The monoisotopic (exact) mass is 405 g/mol. The molecule has 3 aromatic carbocycles. The van der Waals surface area contributed by atoms with E-state index in [9.17, 15) is 13.2 Å². The van der Waals surface area contributed by atoms with Gasteiger partial charge in [0.05, 0.1) is 10.5 Å². The molecule has 0 bridgehead atoms. The largest absolute Gasteiger partial charge is 0.478 e. The van der Waals surface area contributed by atoms with Gasteiger partial charge in [0.15, 0.2) is 0 Å². The van der Waals surface area contributed by atoms with Crippen molar-refractivity contribution in [3.8, 4) is 0 Å². The highest BCUT2D eigenvalue weighted by Gasteiger charge is 2.16. The molecular weight excluding hydrogens is 394 g/mol. The van der Waals surface area contributed by atoms with Gasteiger partial charge >= 0.3 is 5.97 Å². The first kappa shape index (κ1) is 16.5. The number of carboxylic acids is 1. The second-order valence-electron chi connectivity index (χ2n) is 5.11. The van der Waals surface area contributed by atoms with Crippen LogP contribution < -0.4 is 4.72 Å². The van der Waals surface area contributed by atoms with E-state index in [0.717, 1.165) is 10.8 Å². The standard InChI is InChI=1S/C17H12BrNO4S/c18-16-8-6-13(10-15(16)17(20)21)19-24(22,23)14-7-5-11-3-1-2-4-12(11)9-14/h1-10,19H,(H,20,21). The first-order valence-electron chi connectivity index (χ1n) is 6.91. The van der Waals surface area contributed by atoms with Gasteiger partial charge in [0.25, 0.3) is 10.0 Å². The second-order valence-corrected chi connectivity index (χ2v) is 7.65. The fourth-order valence-corrected chi connectivity index (χ4v) is 3.80. The lowest BCUT2D eigenvalue weighted by atomic mass is 10.1. The topological polar surface area (TPSA) is 83.5 Å². The predicted molar refractivity (Wildman–Crippen MR) is 95.9 cm³/mol. The van der Waals surface area contributed by atoms with Crippen LogP contribution in [-0.2, 0) is 10.0 Å². The van der Waals surface area contributed by atoms with Crippen molar-refractivity contribution in [2.24, 2.45) is 0 Å². The van der Waals surface area contributed by atoms with Gasteiger partial charge in [-0.15, -0.1) is 0 Å². The molecule has 0 heterocycles. The minimum atomic E-state index is -3.82. The predicted octanol–water partition coefficient (Wildman–Crippen LogP) is 4.10. The Morgan fingerprint density at radius 2 is 1.67 bits per heavy atom. The van der Waals surface area contributed by atoms with Crippen LogP contribution in [0.25, 0.3) is 10.8 Å². The molecule has 0 amide bonds. The van der Waals surface area contributed by atoms with Crippen molar-refractivity contribution in [1.82, 2.24) is 0 Å². The van der Waals surface area contributed by atoms with Crippen LogP contribution in [0, 0.1) is 0 Å². The van der Waals surface area contributed by atoms with Crippen LogP contribution >= 0.6 is 15.9 Å². The molecule has 3 aromatic rings. The summed E-state index contributed by atoms with van der Waals surface area (Å²) in [6, 6.07) is 16.5. The van der Waals surface area contributed by atoms with Gasteiger partial charge in [0.2, 0.25) is 0 Å². The molecule has 0 fully saturated rings. The Hall–Kier alpha value is -2.38. The minimum Gasteiger partial charge on any atom is -0.478 e. The zero-order valence-electron chi connectivity index (χ0n) is 12.2. The van der Waals surface area contributed by atoms with Gasteiger partial charge in [0, 0.05) is 10.2 Å². The van der Waals surface area contributed by atoms with Crippen molar-refractivity contribution in [1.29, 1.82) is 0 Å². The molecular formula is C17H12BrNO4S. The molecule has 3 rings (SSSR count). The molecule has 0 atom stereocenters. The third kappa shape index (κ3) is 3.27. The van der Waals surface area contributed by atoms with Crippen molar-refractivity contribution < 1.29 is 18.3 Å². The number of nitrogens with one attached hydrogen (secondary N) is 1. The molecule has 2 N–H and O–H groups in total. The summed E-state index contributed by atoms with van der Waals surface area (Å²) < 4.78 is 27.9. The minimum absolute atomic E-state index is 0.0197. The van der Waals surface area contributed by atoms with E-state index in [0.29, 0.717) is 4.47 Å². The van der Waals surface area contributed by atoms with Gasteiger partial charge in [0.1, 0.15) is 0 Å². The molecule has 0 saturated heterocycles. The van der Waals surface area contributed by atoms with Gasteiger partial charge in [-0.25, -0.2) is 13.2 Å².